The van der Waals surface area contributed by atoms with E-state index in [1.165, 1.54) is 31.3 Å². The van der Waals surface area contributed by atoms with E-state index in [9.17, 15) is 32.2 Å². The summed E-state index contributed by atoms with van der Waals surface area (Å²) in [5.74, 6) is 0.458. The standard InChI is InChI=1S/C34H44N5O11PS/c1-20-11-22-17-35-25-15-30(28(47-3)13-23(25)33(41)38(22)18-20)49-7-9-51(43,36-5-6-40)10-8-50-31-16-26-24(14-29(31)48-4)34(42)39-19-21(2)12-27(39)32(37-26)52(44,45)46/h13-16,22,27,32,35,37,40H,1-2,5-12,17-19H2,3-4H3,(H,36,43)(H,44,45,46)/t22-,27-,32?,51?/m0/s1. The Balaban J connectivity index is 1.15. The van der Waals surface area contributed by atoms with Crippen LogP contribution in [0.1, 0.15) is 33.6 Å². The summed E-state index contributed by atoms with van der Waals surface area (Å²) in [6.07, 6.45) is 0.988. The molecule has 18 heteroatoms. The summed E-state index contributed by atoms with van der Waals surface area (Å²) in [5, 5.41) is 17.1. The third-order valence-electron chi connectivity index (χ3n) is 9.67. The number of ether oxygens (including phenoxy) is 4. The Hall–Kier alpha value is -4.28. The van der Waals surface area contributed by atoms with Gasteiger partial charge < -0.3 is 49.1 Å². The number of aliphatic hydroxyl groups excluding tert-OH is 1. The average molecular weight is 762 g/mol. The molecular formula is C34H44N5O11PS. The van der Waals surface area contributed by atoms with E-state index in [0.29, 0.717) is 41.4 Å². The molecule has 2 aromatic rings. The molecule has 2 aromatic carbocycles. The van der Waals surface area contributed by atoms with Crippen LogP contribution < -0.4 is 34.7 Å². The van der Waals surface area contributed by atoms with Crippen LogP contribution in [0.5, 0.6) is 23.0 Å². The Labute approximate surface area is 302 Å². The van der Waals surface area contributed by atoms with Crippen molar-refractivity contribution in [2.24, 2.45) is 0 Å². The molecule has 6 rings (SSSR count). The van der Waals surface area contributed by atoms with Crippen LogP contribution in [0.25, 0.3) is 0 Å². The molecule has 2 saturated heterocycles. The fourth-order valence-electron chi connectivity index (χ4n) is 7.09. The number of carbonyl (C=O) groups is 2. The van der Waals surface area contributed by atoms with Gasteiger partial charge in [-0.2, -0.15) is 8.42 Å². The molecule has 0 spiro atoms. The molecule has 2 unspecified atom stereocenters. The summed E-state index contributed by atoms with van der Waals surface area (Å²) in [6.45, 7) is 8.85. The summed E-state index contributed by atoms with van der Waals surface area (Å²) in [7, 11) is -5.01. The fraction of sp³-hybridized carbons (Fsp3) is 0.471. The molecule has 282 valence electrons. The summed E-state index contributed by atoms with van der Waals surface area (Å²) in [5.41, 5.74) is 2.98. The van der Waals surface area contributed by atoms with Crippen molar-refractivity contribution in [3.05, 3.63) is 59.7 Å². The van der Waals surface area contributed by atoms with Gasteiger partial charge >= 0.3 is 0 Å². The quantitative estimate of drug-likeness (QED) is 0.107. The summed E-state index contributed by atoms with van der Waals surface area (Å²) < 4.78 is 72.0. The van der Waals surface area contributed by atoms with E-state index in [1.807, 2.05) is 0 Å². The number of fused-ring (bicyclic) bond motifs is 4. The topological polar surface area (TPSA) is 205 Å². The number of benzene rings is 2. The van der Waals surface area contributed by atoms with Gasteiger partial charge in [-0.25, -0.2) is 0 Å². The van der Waals surface area contributed by atoms with E-state index in [-0.39, 0.29) is 86.4 Å². The van der Waals surface area contributed by atoms with Crippen LogP contribution in [0.4, 0.5) is 11.4 Å². The van der Waals surface area contributed by atoms with E-state index in [4.69, 9.17) is 18.9 Å². The number of hydrogen-bond acceptors (Lipinski definition) is 12. The minimum atomic E-state index is -4.64. The molecule has 0 bridgehead atoms. The monoisotopic (exact) mass is 761 g/mol. The molecule has 4 heterocycles. The van der Waals surface area contributed by atoms with E-state index >= 15 is 0 Å². The maximum Gasteiger partial charge on any atom is 0.288 e. The third kappa shape index (κ3) is 7.60. The Morgan fingerprint density at radius 2 is 1.44 bits per heavy atom. The highest BCUT2D eigenvalue weighted by atomic mass is 32.2. The molecule has 52 heavy (non-hydrogen) atoms. The first-order valence-electron chi connectivity index (χ1n) is 16.8. The Kier molecular flexibility index (Phi) is 10.8. The largest absolute Gasteiger partial charge is 0.493 e. The van der Waals surface area contributed by atoms with Crippen molar-refractivity contribution in [3.63, 3.8) is 0 Å². The average Bonchev–Trinajstić information content (AvgIpc) is 3.62. The van der Waals surface area contributed by atoms with Crippen LogP contribution in [0, 0.1) is 0 Å². The van der Waals surface area contributed by atoms with Gasteiger partial charge in [0, 0.05) is 50.6 Å². The lowest BCUT2D eigenvalue weighted by molar-refractivity contribution is 0.0740. The van der Waals surface area contributed by atoms with Crippen molar-refractivity contribution in [2.45, 2.75) is 30.3 Å². The molecule has 16 nitrogen and oxygen atoms in total. The second kappa shape index (κ2) is 15.0. The number of amides is 2. The van der Waals surface area contributed by atoms with Gasteiger partial charge in [-0.1, -0.05) is 24.3 Å². The van der Waals surface area contributed by atoms with E-state index < -0.39 is 34.7 Å². The van der Waals surface area contributed by atoms with Crippen LogP contribution in [0.15, 0.2) is 48.6 Å². The van der Waals surface area contributed by atoms with Crippen molar-refractivity contribution in [1.82, 2.24) is 14.9 Å². The second-order valence-electron chi connectivity index (χ2n) is 13.2. The first-order valence-corrected chi connectivity index (χ1v) is 20.4. The molecule has 2 amide bonds. The Morgan fingerprint density at radius 3 is 2.04 bits per heavy atom. The zero-order valence-electron chi connectivity index (χ0n) is 29.1. The zero-order valence-corrected chi connectivity index (χ0v) is 30.8. The van der Waals surface area contributed by atoms with Gasteiger partial charge in [0.25, 0.3) is 21.9 Å². The first-order chi connectivity index (χ1) is 24.7. The number of nitrogens with zero attached hydrogens (tertiary/aromatic N) is 2. The van der Waals surface area contributed by atoms with Crippen molar-refractivity contribution in [1.29, 1.82) is 0 Å². The Bertz CT molecular complexity index is 1940. The van der Waals surface area contributed by atoms with Gasteiger partial charge in [0.05, 0.1) is 68.6 Å². The molecule has 4 atom stereocenters. The van der Waals surface area contributed by atoms with Crippen molar-refractivity contribution in [3.8, 4) is 23.0 Å². The molecule has 5 N–H and O–H groups in total. The van der Waals surface area contributed by atoms with Crippen molar-refractivity contribution in [2.75, 3.05) is 83.2 Å². The SMILES string of the molecule is C=C1C[C@H]2CNc3cc(OCCP(=O)(CCOc4cc5c(cc4OC)C(=O)N4CC(=C)C[C@H]4C(S(=O)(=O)O)N5)NCCO)c(OC)cc3C(=O)N2C1. The number of methoxy groups -OCH3 is 2. The van der Waals surface area contributed by atoms with Crippen molar-refractivity contribution >= 4 is 40.6 Å². The van der Waals surface area contributed by atoms with Gasteiger partial charge in [0.15, 0.2) is 35.7 Å². The highest BCUT2D eigenvalue weighted by molar-refractivity contribution is 7.86. The smallest absolute Gasteiger partial charge is 0.288 e. The lowest BCUT2D eigenvalue weighted by atomic mass is 10.1. The van der Waals surface area contributed by atoms with Gasteiger partial charge in [-0.3, -0.25) is 19.2 Å². The number of hydrogen-bond donors (Lipinski definition) is 5. The number of anilines is 2. The first kappa shape index (κ1) is 37.5. The van der Waals surface area contributed by atoms with E-state index in [0.717, 1.165) is 12.0 Å². The molecule has 0 radical (unpaired) electrons. The van der Waals surface area contributed by atoms with E-state index in [1.54, 1.807) is 17.0 Å². The summed E-state index contributed by atoms with van der Waals surface area (Å²) in [4.78, 5) is 30.0. The Morgan fingerprint density at radius 1 is 0.885 bits per heavy atom. The maximum absolute atomic E-state index is 14.1. The molecule has 4 aliphatic heterocycles. The molecule has 0 saturated carbocycles. The van der Waals surface area contributed by atoms with Gasteiger partial charge in [-0.15, -0.1) is 0 Å². The van der Waals surface area contributed by atoms with Gasteiger partial charge in [0.2, 0.25) is 0 Å². The normalized spacial score (nSPS) is 22.2. The number of rotatable bonds is 14. The van der Waals surface area contributed by atoms with Crippen molar-refractivity contribution < 1.29 is 51.2 Å². The highest BCUT2D eigenvalue weighted by Crippen LogP contribution is 2.44. The summed E-state index contributed by atoms with van der Waals surface area (Å²) in [6, 6.07) is 5.32. The zero-order chi connectivity index (χ0) is 37.4. The molecule has 2 fully saturated rings. The number of carbonyl (C=O) groups excluding carboxylic acids is 2. The predicted octanol–water partition coefficient (Wildman–Crippen LogP) is 2.63. The second-order valence-corrected chi connectivity index (χ2v) is 17.7. The lowest BCUT2D eigenvalue weighted by Crippen LogP contribution is -2.47. The van der Waals surface area contributed by atoms with Gasteiger partial charge in [0.1, 0.15) is 0 Å². The maximum atomic E-state index is 14.1. The van der Waals surface area contributed by atoms with Crippen LogP contribution in [-0.2, 0) is 14.7 Å². The molecular weight excluding hydrogens is 717 g/mol. The molecule has 0 aromatic heterocycles. The van der Waals surface area contributed by atoms with Crippen LogP contribution in [0.2, 0.25) is 0 Å². The predicted molar refractivity (Wildman–Crippen MR) is 194 cm³/mol. The molecule has 4 aliphatic rings. The number of nitrogens with one attached hydrogen (secondary N) is 3. The molecule has 0 aliphatic carbocycles. The fourth-order valence-corrected chi connectivity index (χ4v) is 9.83. The highest BCUT2D eigenvalue weighted by Gasteiger charge is 2.46. The lowest BCUT2D eigenvalue weighted by Gasteiger charge is -2.26. The number of aliphatic hydroxyl groups is 1. The van der Waals surface area contributed by atoms with Crippen LogP contribution >= 0.6 is 7.29 Å². The summed E-state index contributed by atoms with van der Waals surface area (Å²) >= 11 is 0. The van der Waals surface area contributed by atoms with E-state index in [2.05, 4.69) is 28.9 Å². The van der Waals surface area contributed by atoms with Crippen LogP contribution in [-0.4, -0.2) is 130 Å². The minimum Gasteiger partial charge on any atom is -0.493 e. The minimum absolute atomic E-state index is 0.00266. The third-order valence-corrected chi connectivity index (χ3v) is 13.4. The van der Waals surface area contributed by atoms with Crippen LogP contribution in [0.3, 0.4) is 0 Å². The van der Waals surface area contributed by atoms with Gasteiger partial charge in [-0.05, 0) is 25.0 Å².